The molecule has 0 saturated carbocycles. The van der Waals surface area contributed by atoms with Crippen molar-refractivity contribution in [1.29, 1.82) is 0 Å². The molecule has 0 unspecified atom stereocenters. The van der Waals surface area contributed by atoms with E-state index < -0.39 is 18.4 Å². The summed E-state index contributed by atoms with van der Waals surface area (Å²) in [6.45, 7) is 7.95. The van der Waals surface area contributed by atoms with Crippen LogP contribution in [0.25, 0.3) is 0 Å². The van der Waals surface area contributed by atoms with Gasteiger partial charge in [-0.2, -0.15) is 0 Å². The topological polar surface area (TPSA) is 43.4 Å². The molecule has 3 nitrogen and oxygen atoms in total. The summed E-state index contributed by atoms with van der Waals surface area (Å²) in [6, 6.07) is 0.901. The van der Waals surface area contributed by atoms with E-state index in [-0.39, 0.29) is 5.75 Å². The van der Waals surface area contributed by atoms with Gasteiger partial charge >= 0.3 is 0 Å². The molecule has 0 rings (SSSR count). The smallest absolute Gasteiger partial charge is 0.257 e. The van der Waals surface area contributed by atoms with E-state index in [0.717, 1.165) is 18.9 Å². The van der Waals surface area contributed by atoms with Crippen LogP contribution in [-0.2, 0) is 14.0 Å². The Labute approximate surface area is 89.1 Å². The van der Waals surface area contributed by atoms with Crippen molar-refractivity contribution in [2.75, 3.05) is 5.75 Å². The SMILES string of the molecule is CCCCS(=O)(=O)O[Si](C)(C)CCC. The molecule has 0 aliphatic rings. The molecule has 0 N–H and O–H groups in total. The molecule has 0 saturated heterocycles. The highest BCUT2D eigenvalue weighted by molar-refractivity contribution is 7.87. The number of hydrogen-bond acceptors (Lipinski definition) is 3. The highest BCUT2D eigenvalue weighted by Gasteiger charge is 2.28. The van der Waals surface area contributed by atoms with Gasteiger partial charge in [0.2, 0.25) is 8.32 Å². The van der Waals surface area contributed by atoms with Crippen molar-refractivity contribution in [2.45, 2.75) is 52.2 Å². The van der Waals surface area contributed by atoms with Crippen LogP contribution in [0.1, 0.15) is 33.1 Å². The first-order chi connectivity index (χ1) is 6.33. The predicted octanol–water partition coefficient (Wildman–Crippen LogP) is 2.75. The molecule has 0 spiro atoms. The highest BCUT2D eigenvalue weighted by Crippen LogP contribution is 2.17. The third-order valence-corrected chi connectivity index (χ3v) is 7.27. The van der Waals surface area contributed by atoms with Crippen LogP contribution in [0.3, 0.4) is 0 Å². The second-order valence-electron chi connectivity index (χ2n) is 4.21. The van der Waals surface area contributed by atoms with E-state index in [1.54, 1.807) is 0 Å². The lowest BCUT2D eigenvalue weighted by Crippen LogP contribution is -2.34. The summed E-state index contributed by atoms with van der Waals surface area (Å²) < 4.78 is 28.3. The van der Waals surface area contributed by atoms with Crippen LogP contribution in [0.4, 0.5) is 0 Å². The van der Waals surface area contributed by atoms with Crippen molar-refractivity contribution in [2.24, 2.45) is 0 Å². The largest absolute Gasteiger partial charge is 0.315 e. The number of unbranched alkanes of at least 4 members (excludes halogenated alkanes) is 1. The monoisotopic (exact) mass is 238 g/mol. The van der Waals surface area contributed by atoms with Crippen molar-refractivity contribution in [3.63, 3.8) is 0 Å². The van der Waals surface area contributed by atoms with Gasteiger partial charge in [-0.25, -0.2) is 8.42 Å². The van der Waals surface area contributed by atoms with Gasteiger partial charge in [0.1, 0.15) is 0 Å². The Kier molecular flexibility index (Phi) is 5.93. The van der Waals surface area contributed by atoms with E-state index in [1.165, 1.54) is 0 Å². The Balaban J connectivity index is 4.20. The predicted molar refractivity (Wildman–Crippen MR) is 62.4 cm³/mol. The Bertz CT molecular complexity index is 247. The van der Waals surface area contributed by atoms with Crippen LogP contribution in [0.15, 0.2) is 0 Å². The molecule has 0 aromatic carbocycles. The fourth-order valence-corrected chi connectivity index (χ4v) is 6.61. The molecule has 86 valence electrons. The molecular formula is C9H22O3SSi. The molecule has 0 heterocycles. The summed E-state index contributed by atoms with van der Waals surface area (Å²) in [4.78, 5) is 0. The zero-order chi connectivity index (χ0) is 11.2. The first-order valence-corrected chi connectivity index (χ1v) is 9.95. The molecule has 5 heteroatoms. The lowest BCUT2D eigenvalue weighted by atomic mass is 10.4. The minimum Gasteiger partial charge on any atom is -0.315 e. The Morgan fingerprint density at radius 1 is 1.14 bits per heavy atom. The zero-order valence-electron chi connectivity index (χ0n) is 9.67. The van der Waals surface area contributed by atoms with Crippen molar-refractivity contribution in [3.8, 4) is 0 Å². The van der Waals surface area contributed by atoms with Crippen LogP contribution in [0.2, 0.25) is 19.1 Å². The minimum absolute atomic E-state index is 0.170. The van der Waals surface area contributed by atoms with Crippen molar-refractivity contribution >= 4 is 18.4 Å². The molecule has 0 aromatic heterocycles. The second kappa shape index (κ2) is 5.88. The van der Waals surface area contributed by atoms with E-state index in [4.69, 9.17) is 3.87 Å². The molecule has 0 amide bonds. The van der Waals surface area contributed by atoms with Gasteiger partial charge in [0.15, 0.2) is 0 Å². The molecule has 0 radical (unpaired) electrons. The normalized spacial score (nSPS) is 13.1. The van der Waals surface area contributed by atoms with E-state index in [2.05, 4.69) is 6.92 Å². The molecule has 0 atom stereocenters. The van der Waals surface area contributed by atoms with Crippen molar-refractivity contribution in [3.05, 3.63) is 0 Å². The lowest BCUT2D eigenvalue weighted by Gasteiger charge is -2.21. The van der Waals surface area contributed by atoms with Crippen LogP contribution in [-0.4, -0.2) is 22.5 Å². The fourth-order valence-electron chi connectivity index (χ4n) is 1.35. The highest BCUT2D eigenvalue weighted by atomic mass is 32.2. The summed E-state index contributed by atoms with van der Waals surface area (Å²) >= 11 is 0. The number of rotatable bonds is 7. The average Bonchev–Trinajstić information content (AvgIpc) is 1.98. The van der Waals surface area contributed by atoms with Gasteiger partial charge in [-0.1, -0.05) is 26.7 Å². The molecule has 0 bridgehead atoms. The minimum atomic E-state index is -3.26. The van der Waals surface area contributed by atoms with Gasteiger partial charge in [0.25, 0.3) is 10.1 Å². The molecule has 0 aliphatic carbocycles. The number of hydrogen-bond donors (Lipinski definition) is 0. The molecular weight excluding hydrogens is 216 g/mol. The van der Waals surface area contributed by atoms with Crippen molar-refractivity contribution in [1.82, 2.24) is 0 Å². The fraction of sp³-hybridized carbons (Fsp3) is 1.00. The summed E-state index contributed by atoms with van der Waals surface area (Å²) in [5.41, 5.74) is 0. The molecule has 0 aromatic rings. The van der Waals surface area contributed by atoms with E-state index in [1.807, 2.05) is 20.0 Å². The quantitative estimate of drug-likeness (QED) is 0.641. The molecule has 0 aliphatic heterocycles. The average molecular weight is 238 g/mol. The van der Waals surface area contributed by atoms with Gasteiger partial charge in [0, 0.05) is 0 Å². The van der Waals surface area contributed by atoms with Crippen LogP contribution in [0, 0.1) is 0 Å². The van der Waals surface area contributed by atoms with Crippen LogP contribution < -0.4 is 0 Å². The standard InChI is InChI=1S/C9H22O3SSi/c1-5-7-8-13(10,11)12-14(3,4)9-6-2/h5-9H2,1-4H3. The van der Waals surface area contributed by atoms with E-state index in [9.17, 15) is 8.42 Å². The third kappa shape index (κ3) is 6.56. The van der Waals surface area contributed by atoms with Gasteiger partial charge < -0.3 is 3.87 Å². The zero-order valence-corrected chi connectivity index (χ0v) is 11.5. The van der Waals surface area contributed by atoms with Gasteiger partial charge in [-0.3, -0.25) is 0 Å². The maximum Gasteiger partial charge on any atom is 0.257 e. The van der Waals surface area contributed by atoms with Crippen molar-refractivity contribution < 1.29 is 12.3 Å². The maximum atomic E-state index is 11.5. The van der Waals surface area contributed by atoms with Gasteiger partial charge in [0.05, 0.1) is 5.75 Å². The maximum absolute atomic E-state index is 11.5. The van der Waals surface area contributed by atoms with E-state index in [0.29, 0.717) is 6.42 Å². The van der Waals surface area contributed by atoms with Gasteiger partial charge in [-0.15, -0.1) is 0 Å². The molecule has 0 fully saturated rings. The Hall–Kier alpha value is 0.127. The summed E-state index contributed by atoms with van der Waals surface area (Å²) in [5, 5.41) is 0. The lowest BCUT2D eigenvalue weighted by molar-refractivity contribution is 0.478. The second-order valence-corrected chi connectivity index (χ2v) is 10.4. The Morgan fingerprint density at radius 2 is 1.71 bits per heavy atom. The third-order valence-electron chi connectivity index (χ3n) is 1.95. The summed E-state index contributed by atoms with van der Waals surface area (Å²) in [7, 11) is -5.24. The summed E-state index contributed by atoms with van der Waals surface area (Å²) in [5.74, 6) is 0.170. The van der Waals surface area contributed by atoms with Gasteiger partial charge in [-0.05, 0) is 25.6 Å². The van der Waals surface area contributed by atoms with Crippen LogP contribution in [0.5, 0.6) is 0 Å². The summed E-state index contributed by atoms with van der Waals surface area (Å²) in [6.07, 6.45) is 2.57. The van der Waals surface area contributed by atoms with E-state index >= 15 is 0 Å². The van der Waals surface area contributed by atoms with Crippen LogP contribution >= 0.6 is 0 Å². The first kappa shape index (κ1) is 14.1. The first-order valence-electron chi connectivity index (χ1n) is 5.26. The Morgan fingerprint density at radius 3 is 2.14 bits per heavy atom. The molecule has 14 heavy (non-hydrogen) atoms.